The van der Waals surface area contributed by atoms with Gasteiger partial charge in [-0.2, -0.15) is 13.2 Å². The zero-order valence-electron chi connectivity index (χ0n) is 8.06. The van der Waals surface area contributed by atoms with Gasteiger partial charge in [-0.3, -0.25) is 0 Å². The maximum Gasteiger partial charge on any atom is 0.490 e. The van der Waals surface area contributed by atoms with E-state index in [9.17, 15) is 18.0 Å². The van der Waals surface area contributed by atoms with Crippen molar-refractivity contribution in [1.82, 2.24) is 5.16 Å². The quantitative estimate of drug-likeness (QED) is 0.701. The summed E-state index contributed by atoms with van der Waals surface area (Å²) in [7, 11) is 0. The topological polar surface area (TPSA) is 127 Å². The maximum atomic E-state index is 10.6. The molecule has 0 aromatic carbocycles. The first-order valence-electron chi connectivity index (χ1n) is 3.87. The number of aliphatic carboxylic acids is 1. The Bertz CT molecular complexity index is 400. The number of hydrogen-bond acceptors (Lipinski definition) is 5. The Kier molecular flexibility index (Phi) is 5.12. The Labute approximate surface area is 91.6 Å². The molecule has 0 bridgehead atoms. The molecule has 0 radical (unpaired) electrons. The van der Waals surface area contributed by atoms with Crippen molar-refractivity contribution in [2.45, 2.75) is 12.7 Å². The standard InChI is InChI=1S/C5H6N2O3.C2HF3O2/c6-2-3-1-4(5(8)9)7-10-3;3-2(4,5)1(6)7/h1H,2,6H2,(H,8,9);(H,6,7). The molecule has 1 aromatic heterocycles. The van der Waals surface area contributed by atoms with E-state index in [0.29, 0.717) is 5.76 Å². The third-order valence-electron chi connectivity index (χ3n) is 1.22. The minimum Gasteiger partial charge on any atom is -0.476 e. The molecule has 0 unspecified atom stereocenters. The van der Waals surface area contributed by atoms with Crippen molar-refractivity contribution < 1.29 is 37.5 Å². The number of halogens is 3. The zero-order valence-corrected chi connectivity index (χ0v) is 8.06. The third kappa shape index (κ3) is 5.51. The zero-order chi connectivity index (χ0) is 13.6. The predicted molar refractivity (Wildman–Crippen MR) is 45.0 cm³/mol. The summed E-state index contributed by atoms with van der Waals surface area (Å²) in [6.07, 6.45) is -5.08. The molecule has 0 aliphatic heterocycles. The van der Waals surface area contributed by atoms with Crippen molar-refractivity contribution in [2.75, 3.05) is 0 Å². The molecule has 0 saturated carbocycles. The molecule has 0 aliphatic carbocycles. The highest BCUT2D eigenvalue weighted by molar-refractivity contribution is 5.85. The van der Waals surface area contributed by atoms with E-state index >= 15 is 0 Å². The number of aromatic nitrogens is 1. The first-order chi connectivity index (χ1) is 7.68. The Morgan fingerprint density at radius 2 is 1.88 bits per heavy atom. The summed E-state index contributed by atoms with van der Waals surface area (Å²) in [5, 5.41) is 18.7. The van der Waals surface area contributed by atoms with E-state index in [4.69, 9.17) is 20.7 Å². The lowest BCUT2D eigenvalue weighted by Crippen LogP contribution is -2.21. The van der Waals surface area contributed by atoms with E-state index in [1.54, 1.807) is 0 Å². The second-order valence-corrected chi connectivity index (χ2v) is 2.49. The molecule has 1 aromatic rings. The van der Waals surface area contributed by atoms with Gasteiger partial charge in [0.05, 0.1) is 6.54 Å². The van der Waals surface area contributed by atoms with Crippen molar-refractivity contribution in [3.8, 4) is 0 Å². The van der Waals surface area contributed by atoms with Gasteiger partial charge in [0.15, 0.2) is 11.5 Å². The van der Waals surface area contributed by atoms with E-state index in [0.717, 1.165) is 0 Å². The van der Waals surface area contributed by atoms with Crippen LogP contribution in [0.2, 0.25) is 0 Å². The van der Waals surface area contributed by atoms with E-state index in [2.05, 4.69) is 9.68 Å². The fourth-order valence-electron chi connectivity index (χ4n) is 0.510. The molecule has 0 aliphatic rings. The summed E-state index contributed by atoms with van der Waals surface area (Å²) in [6, 6.07) is 1.29. The third-order valence-corrected chi connectivity index (χ3v) is 1.22. The second-order valence-electron chi connectivity index (χ2n) is 2.49. The number of aromatic carboxylic acids is 1. The van der Waals surface area contributed by atoms with Crippen LogP contribution in [-0.2, 0) is 11.3 Å². The average molecular weight is 256 g/mol. The SMILES string of the molecule is NCc1cc(C(=O)O)no1.O=C(O)C(F)(F)F. The Hall–Kier alpha value is -2.10. The number of alkyl halides is 3. The Morgan fingerprint density at radius 3 is 2.06 bits per heavy atom. The van der Waals surface area contributed by atoms with Crippen LogP contribution in [0.5, 0.6) is 0 Å². The summed E-state index contributed by atoms with van der Waals surface area (Å²) >= 11 is 0. The van der Waals surface area contributed by atoms with Gasteiger partial charge in [-0.15, -0.1) is 0 Å². The highest BCUT2D eigenvalue weighted by Crippen LogP contribution is 2.13. The summed E-state index contributed by atoms with van der Waals surface area (Å²) in [4.78, 5) is 19.1. The maximum absolute atomic E-state index is 10.6. The number of nitrogens with zero attached hydrogens (tertiary/aromatic N) is 1. The van der Waals surface area contributed by atoms with Gasteiger partial charge in [-0.25, -0.2) is 9.59 Å². The van der Waals surface area contributed by atoms with Crippen LogP contribution >= 0.6 is 0 Å². The normalized spacial score (nSPS) is 10.4. The molecular formula is C7H7F3N2O5. The van der Waals surface area contributed by atoms with E-state index in [-0.39, 0.29) is 12.2 Å². The smallest absolute Gasteiger partial charge is 0.476 e. The molecule has 0 saturated heterocycles. The largest absolute Gasteiger partial charge is 0.490 e. The number of carboxylic acid groups (broad SMARTS) is 2. The lowest BCUT2D eigenvalue weighted by Gasteiger charge is -1.93. The van der Waals surface area contributed by atoms with Crippen molar-refractivity contribution in [2.24, 2.45) is 5.73 Å². The van der Waals surface area contributed by atoms with Crippen molar-refractivity contribution in [1.29, 1.82) is 0 Å². The molecule has 17 heavy (non-hydrogen) atoms. The summed E-state index contributed by atoms with van der Waals surface area (Å²) in [6.45, 7) is 0.167. The molecule has 7 nitrogen and oxygen atoms in total. The number of carbonyl (C=O) groups is 2. The first kappa shape index (κ1) is 14.9. The Morgan fingerprint density at radius 1 is 1.41 bits per heavy atom. The highest BCUT2D eigenvalue weighted by Gasteiger charge is 2.38. The van der Waals surface area contributed by atoms with Gasteiger partial charge in [-0.05, 0) is 0 Å². The number of rotatable bonds is 2. The van der Waals surface area contributed by atoms with E-state index in [1.165, 1.54) is 6.07 Å². The van der Waals surface area contributed by atoms with Gasteiger partial charge < -0.3 is 20.5 Å². The van der Waals surface area contributed by atoms with Crippen LogP contribution in [0.4, 0.5) is 13.2 Å². The lowest BCUT2D eigenvalue weighted by atomic mass is 10.4. The van der Waals surface area contributed by atoms with Crippen molar-refractivity contribution in [3.05, 3.63) is 17.5 Å². The molecular weight excluding hydrogens is 249 g/mol. The molecule has 0 fully saturated rings. The van der Waals surface area contributed by atoms with Gasteiger partial charge in [-0.1, -0.05) is 5.16 Å². The molecule has 4 N–H and O–H groups in total. The van der Waals surface area contributed by atoms with Crippen LogP contribution in [0.15, 0.2) is 10.6 Å². The fourth-order valence-corrected chi connectivity index (χ4v) is 0.510. The van der Waals surface area contributed by atoms with Gasteiger partial charge >= 0.3 is 18.1 Å². The molecule has 96 valence electrons. The minimum atomic E-state index is -5.08. The van der Waals surface area contributed by atoms with Crippen LogP contribution in [-0.4, -0.2) is 33.5 Å². The van der Waals surface area contributed by atoms with Crippen LogP contribution < -0.4 is 5.73 Å². The monoisotopic (exact) mass is 256 g/mol. The number of nitrogens with two attached hydrogens (primary N) is 1. The van der Waals surface area contributed by atoms with Gasteiger partial charge in [0, 0.05) is 6.07 Å². The molecule has 0 atom stereocenters. The molecule has 10 heteroatoms. The Balaban J connectivity index is 0.000000325. The summed E-state index contributed by atoms with van der Waals surface area (Å²) < 4.78 is 36.3. The number of carboxylic acids is 2. The van der Waals surface area contributed by atoms with Gasteiger partial charge in [0.2, 0.25) is 0 Å². The minimum absolute atomic E-state index is 0.111. The average Bonchev–Trinajstić information content (AvgIpc) is 2.65. The molecule has 1 rings (SSSR count). The summed E-state index contributed by atoms with van der Waals surface area (Å²) in [5.41, 5.74) is 5.03. The van der Waals surface area contributed by atoms with Crippen molar-refractivity contribution in [3.63, 3.8) is 0 Å². The molecule has 1 heterocycles. The van der Waals surface area contributed by atoms with Crippen molar-refractivity contribution >= 4 is 11.9 Å². The van der Waals surface area contributed by atoms with Crippen LogP contribution in [0.3, 0.4) is 0 Å². The lowest BCUT2D eigenvalue weighted by molar-refractivity contribution is -0.192. The van der Waals surface area contributed by atoms with Crippen LogP contribution in [0.1, 0.15) is 16.2 Å². The second kappa shape index (κ2) is 5.84. The van der Waals surface area contributed by atoms with Gasteiger partial charge in [0.25, 0.3) is 0 Å². The van der Waals surface area contributed by atoms with E-state index < -0.39 is 18.1 Å². The fraction of sp³-hybridized carbons (Fsp3) is 0.286. The number of hydrogen-bond donors (Lipinski definition) is 3. The van der Waals surface area contributed by atoms with Crippen LogP contribution in [0, 0.1) is 0 Å². The van der Waals surface area contributed by atoms with Gasteiger partial charge in [0.1, 0.15) is 0 Å². The predicted octanol–water partition coefficient (Wildman–Crippen LogP) is 0.465. The summed E-state index contributed by atoms with van der Waals surface area (Å²) in [5.74, 6) is -3.49. The highest BCUT2D eigenvalue weighted by atomic mass is 19.4. The molecule has 0 spiro atoms. The first-order valence-corrected chi connectivity index (χ1v) is 3.87. The van der Waals surface area contributed by atoms with E-state index in [1.807, 2.05) is 0 Å². The molecule has 0 amide bonds. The van der Waals surface area contributed by atoms with Crippen LogP contribution in [0.25, 0.3) is 0 Å².